The molecule has 0 saturated heterocycles. The molecule has 0 bridgehead atoms. The summed E-state index contributed by atoms with van der Waals surface area (Å²) in [6, 6.07) is 10.0. The van der Waals surface area contributed by atoms with Crippen LogP contribution in [0.4, 0.5) is 0 Å². The number of halogens is 2. The topological polar surface area (TPSA) is 36.0 Å². The summed E-state index contributed by atoms with van der Waals surface area (Å²) in [6.07, 6.45) is 0.829. The Hall–Kier alpha value is -1.45. The summed E-state index contributed by atoms with van der Waals surface area (Å²) in [7, 11) is 0. The predicted molar refractivity (Wildman–Crippen MR) is 94.0 cm³/mol. The maximum atomic E-state index is 9.98. The van der Waals surface area contributed by atoms with Gasteiger partial charge in [-0.25, -0.2) is 0 Å². The molecule has 2 aromatic carbocycles. The molecule has 0 saturated carbocycles. The molecule has 2 nitrogen and oxygen atoms in total. The fourth-order valence-electron chi connectivity index (χ4n) is 3.60. The van der Waals surface area contributed by atoms with Crippen molar-refractivity contribution in [1.82, 2.24) is 4.98 Å². The van der Waals surface area contributed by atoms with Crippen LogP contribution >= 0.6 is 27.5 Å². The molecular weight excluding hydrogens is 362 g/mol. The Labute approximate surface area is 142 Å². The van der Waals surface area contributed by atoms with Gasteiger partial charge in [-0.3, -0.25) is 0 Å². The number of nitrogens with one attached hydrogen (secondary N) is 1. The molecule has 1 aromatic heterocycles. The standard InChI is InChI=1S/C18H15BrClNO/c1-18(2)13-8-16(22)14(20)6-9(13)5-12-11-4-3-10(19)7-15(11)21-17(12)18/h3-4,6-8,21-22H,5H2,1-2H3. The van der Waals surface area contributed by atoms with Gasteiger partial charge in [-0.2, -0.15) is 0 Å². The highest BCUT2D eigenvalue weighted by atomic mass is 79.9. The lowest BCUT2D eigenvalue weighted by atomic mass is 9.72. The first-order valence-electron chi connectivity index (χ1n) is 7.20. The van der Waals surface area contributed by atoms with Crippen molar-refractivity contribution >= 4 is 38.4 Å². The predicted octanol–water partition coefficient (Wildman–Crippen LogP) is 5.52. The number of phenols is 1. The number of hydrogen-bond donors (Lipinski definition) is 2. The Morgan fingerprint density at radius 2 is 2.00 bits per heavy atom. The number of phenolic OH excluding ortho intramolecular Hbond substituents is 1. The van der Waals surface area contributed by atoms with Crippen molar-refractivity contribution in [3.05, 3.63) is 62.2 Å². The molecule has 0 aliphatic heterocycles. The first-order chi connectivity index (χ1) is 10.4. The Kier molecular flexibility index (Phi) is 2.91. The normalized spacial score (nSPS) is 15.6. The van der Waals surface area contributed by atoms with Gasteiger partial charge in [0.15, 0.2) is 0 Å². The summed E-state index contributed by atoms with van der Waals surface area (Å²) in [4.78, 5) is 3.58. The van der Waals surface area contributed by atoms with Crippen LogP contribution in [-0.4, -0.2) is 10.1 Å². The summed E-state index contributed by atoms with van der Waals surface area (Å²) >= 11 is 9.65. The minimum absolute atomic E-state index is 0.149. The molecule has 0 spiro atoms. The molecule has 0 radical (unpaired) electrons. The van der Waals surface area contributed by atoms with Crippen LogP contribution in [0.3, 0.4) is 0 Å². The Bertz CT molecular complexity index is 926. The number of rotatable bonds is 0. The zero-order chi connectivity index (χ0) is 15.6. The van der Waals surface area contributed by atoms with E-state index in [2.05, 4.69) is 53.0 Å². The van der Waals surface area contributed by atoms with E-state index in [1.54, 1.807) is 0 Å². The molecule has 0 amide bonds. The van der Waals surface area contributed by atoms with Crippen molar-refractivity contribution in [3.63, 3.8) is 0 Å². The third-order valence-corrected chi connectivity index (χ3v) is 5.50. The van der Waals surface area contributed by atoms with Crippen LogP contribution in [0.15, 0.2) is 34.8 Å². The fourth-order valence-corrected chi connectivity index (χ4v) is 4.15. The second kappa shape index (κ2) is 4.53. The molecule has 4 heteroatoms. The van der Waals surface area contributed by atoms with Gasteiger partial charge in [0.25, 0.3) is 0 Å². The third kappa shape index (κ3) is 1.85. The number of aromatic amines is 1. The van der Waals surface area contributed by atoms with E-state index in [9.17, 15) is 5.11 Å². The van der Waals surface area contributed by atoms with E-state index in [0.717, 1.165) is 22.0 Å². The molecule has 112 valence electrons. The number of aromatic hydroxyl groups is 1. The third-order valence-electron chi connectivity index (χ3n) is 4.71. The average molecular weight is 377 g/mol. The molecule has 0 atom stereocenters. The number of fused-ring (bicyclic) bond motifs is 4. The van der Waals surface area contributed by atoms with Crippen LogP contribution in [0.25, 0.3) is 10.9 Å². The van der Waals surface area contributed by atoms with Crippen molar-refractivity contribution in [2.45, 2.75) is 25.7 Å². The van der Waals surface area contributed by atoms with Gasteiger partial charge in [0.05, 0.1) is 5.02 Å². The number of benzene rings is 2. The van der Waals surface area contributed by atoms with Crippen molar-refractivity contribution in [3.8, 4) is 5.75 Å². The first-order valence-corrected chi connectivity index (χ1v) is 8.37. The fraction of sp³-hybridized carbons (Fsp3) is 0.222. The Morgan fingerprint density at radius 1 is 1.23 bits per heavy atom. The van der Waals surface area contributed by atoms with Gasteiger partial charge in [-0.15, -0.1) is 0 Å². The molecule has 1 aliphatic rings. The van der Waals surface area contributed by atoms with Gasteiger partial charge in [0.1, 0.15) is 5.75 Å². The maximum absolute atomic E-state index is 9.98. The highest BCUT2D eigenvalue weighted by Crippen LogP contribution is 2.46. The van der Waals surface area contributed by atoms with Crippen LogP contribution in [0.5, 0.6) is 5.75 Å². The van der Waals surface area contributed by atoms with E-state index in [1.165, 1.54) is 22.2 Å². The highest BCUT2D eigenvalue weighted by molar-refractivity contribution is 9.10. The monoisotopic (exact) mass is 375 g/mol. The molecule has 0 fully saturated rings. The van der Waals surface area contributed by atoms with Gasteiger partial charge in [-0.1, -0.05) is 47.4 Å². The summed E-state index contributed by atoms with van der Waals surface area (Å²) < 4.78 is 1.06. The van der Waals surface area contributed by atoms with Crippen LogP contribution in [0, 0.1) is 0 Å². The average Bonchev–Trinajstić information content (AvgIpc) is 2.80. The molecule has 1 heterocycles. The molecule has 0 unspecified atom stereocenters. The lowest BCUT2D eigenvalue weighted by molar-refractivity contribution is 0.471. The lowest BCUT2D eigenvalue weighted by Crippen LogP contribution is -2.27. The second-order valence-electron chi connectivity index (χ2n) is 6.43. The van der Waals surface area contributed by atoms with Crippen LogP contribution < -0.4 is 0 Å². The van der Waals surface area contributed by atoms with Crippen molar-refractivity contribution < 1.29 is 5.11 Å². The van der Waals surface area contributed by atoms with E-state index in [1.807, 2.05) is 12.1 Å². The summed E-state index contributed by atoms with van der Waals surface area (Å²) in [5, 5.41) is 11.7. The lowest BCUT2D eigenvalue weighted by Gasteiger charge is -2.33. The van der Waals surface area contributed by atoms with Gasteiger partial charge in [0, 0.05) is 32.9 Å². The van der Waals surface area contributed by atoms with E-state index in [0.29, 0.717) is 5.02 Å². The van der Waals surface area contributed by atoms with E-state index < -0.39 is 0 Å². The molecule has 4 rings (SSSR count). The summed E-state index contributed by atoms with van der Waals surface area (Å²) in [5.41, 5.74) is 5.79. The first kappa shape index (κ1) is 14.2. The van der Waals surface area contributed by atoms with E-state index in [4.69, 9.17) is 11.6 Å². The smallest absolute Gasteiger partial charge is 0.134 e. The zero-order valence-corrected chi connectivity index (χ0v) is 14.6. The number of aromatic nitrogens is 1. The van der Waals surface area contributed by atoms with Gasteiger partial charge in [-0.05, 0) is 41.0 Å². The molecule has 22 heavy (non-hydrogen) atoms. The van der Waals surface area contributed by atoms with E-state index in [-0.39, 0.29) is 11.2 Å². The Morgan fingerprint density at radius 3 is 2.77 bits per heavy atom. The van der Waals surface area contributed by atoms with Gasteiger partial charge < -0.3 is 10.1 Å². The number of hydrogen-bond acceptors (Lipinski definition) is 1. The van der Waals surface area contributed by atoms with Crippen molar-refractivity contribution in [2.75, 3.05) is 0 Å². The van der Waals surface area contributed by atoms with E-state index >= 15 is 0 Å². The number of H-pyrrole nitrogens is 1. The minimum atomic E-state index is -0.198. The largest absolute Gasteiger partial charge is 0.506 e. The van der Waals surface area contributed by atoms with Crippen molar-refractivity contribution in [2.24, 2.45) is 0 Å². The maximum Gasteiger partial charge on any atom is 0.134 e. The quantitative estimate of drug-likeness (QED) is 0.532. The molecule has 1 aliphatic carbocycles. The van der Waals surface area contributed by atoms with Crippen molar-refractivity contribution in [1.29, 1.82) is 0 Å². The summed E-state index contributed by atoms with van der Waals surface area (Å²) in [6.45, 7) is 4.36. The van der Waals surface area contributed by atoms with Gasteiger partial charge >= 0.3 is 0 Å². The molecular formula is C18H15BrClNO. The molecule has 3 aromatic rings. The van der Waals surface area contributed by atoms with Crippen LogP contribution in [0.2, 0.25) is 5.02 Å². The Balaban J connectivity index is 2.04. The summed E-state index contributed by atoms with van der Waals surface area (Å²) in [5.74, 6) is 0.149. The van der Waals surface area contributed by atoms with Crippen LogP contribution in [0.1, 0.15) is 36.2 Å². The molecule has 2 N–H and O–H groups in total. The SMILES string of the molecule is CC1(C)c2cc(O)c(Cl)cc2Cc2c1[nH]c1cc(Br)ccc21. The minimum Gasteiger partial charge on any atom is -0.506 e. The zero-order valence-electron chi connectivity index (χ0n) is 12.3. The van der Waals surface area contributed by atoms with Crippen LogP contribution in [-0.2, 0) is 11.8 Å². The second-order valence-corrected chi connectivity index (χ2v) is 7.75. The van der Waals surface area contributed by atoms with Gasteiger partial charge in [0.2, 0.25) is 0 Å². The highest BCUT2D eigenvalue weighted by Gasteiger charge is 2.35.